The van der Waals surface area contributed by atoms with Crippen molar-refractivity contribution >= 4 is 40.6 Å². The fourth-order valence-corrected chi connectivity index (χ4v) is 2.48. The molecule has 0 radical (unpaired) electrons. The second-order valence-electron chi connectivity index (χ2n) is 3.80. The summed E-state index contributed by atoms with van der Waals surface area (Å²) in [5, 5.41) is 0. The molecule has 1 aliphatic rings. The van der Waals surface area contributed by atoms with Crippen LogP contribution in [0, 0.1) is 0 Å². The van der Waals surface area contributed by atoms with Crippen molar-refractivity contribution in [2.24, 2.45) is 0 Å². The summed E-state index contributed by atoms with van der Waals surface area (Å²) in [6, 6.07) is 7.48. The molecule has 1 saturated carbocycles. The Kier molecular flexibility index (Phi) is 5.50. The second kappa shape index (κ2) is 6.16. The average molecular weight is 234 g/mol. The van der Waals surface area contributed by atoms with E-state index in [0.29, 0.717) is 10.8 Å². The van der Waals surface area contributed by atoms with Crippen molar-refractivity contribution in [3.63, 3.8) is 0 Å². The predicted molar refractivity (Wildman–Crippen MR) is 63.8 cm³/mol. The van der Waals surface area contributed by atoms with Gasteiger partial charge in [-0.25, -0.2) is 4.21 Å². The van der Waals surface area contributed by atoms with Crippen LogP contribution in [0.3, 0.4) is 0 Å². The van der Waals surface area contributed by atoms with Crippen molar-refractivity contribution in [3.8, 4) is 0 Å². The summed E-state index contributed by atoms with van der Waals surface area (Å²) in [6.45, 7) is 0. The van der Waals surface area contributed by atoms with Crippen LogP contribution in [-0.4, -0.2) is 38.3 Å². The molecule has 0 heterocycles. The van der Waals surface area contributed by atoms with Crippen LogP contribution in [0.25, 0.3) is 0 Å². The quantitative estimate of drug-likeness (QED) is 0.629. The van der Waals surface area contributed by atoms with E-state index in [1.54, 1.807) is 12.1 Å². The molecule has 1 aromatic rings. The van der Waals surface area contributed by atoms with Gasteiger partial charge in [-0.05, 0) is 36.5 Å². The molecule has 2 nitrogen and oxygen atoms in total. The third kappa shape index (κ3) is 3.40. The van der Waals surface area contributed by atoms with Gasteiger partial charge in [0.15, 0.2) is 11.1 Å². The standard InChI is InChI=1S/C11H14O2S.Na.H/c12-14(13)11-7-5-10(6-8-11)9-3-1-2-4-9;;/h5-9H,1-4H2,(H,12,13);;. The van der Waals surface area contributed by atoms with Crippen LogP contribution >= 0.6 is 0 Å². The third-order valence-electron chi connectivity index (χ3n) is 2.91. The van der Waals surface area contributed by atoms with E-state index in [0.717, 1.165) is 0 Å². The molecule has 0 aromatic heterocycles. The first-order chi connectivity index (χ1) is 6.77. The van der Waals surface area contributed by atoms with Gasteiger partial charge in [0.2, 0.25) is 0 Å². The zero-order valence-electron chi connectivity index (χ0n) is 7.98. The van der Waals surface area contributed by atoms with Crippen LogP contribution in [-0.2, 0) is 11.1 Å². The van der Waals surface area contributed by atoms with Crippen LogP contribution in [0.4, 0.5) is 0 Å². The van der Waals surface area contributed by atoms with Crippen LogP contribution in [0.1, 0.15) is 37.2 Å². The van der Waals surface area contributed by atoms with E-state index in [4.69, 9.17) is 4.55 Å². The molecule has 0 bridgehead atoms. The maximum atomic E-state index is 10.7. The first-order valence-corrected chi connectivity index (χ1v) is 6.09. The SMILES string of the molecule is O=S(O)c1ccc(C2CCCC2)cc1.[NaH]. The van der Waals surface area contributed by atoms with Gasteiger partial charge < -0.3 is 4.55 Å². The summed E-state index contributed by atoms with van der Waals surface area (Å²) < 4.78 is 19.6. The molecule has 1 atom stereocenters. The van der Waals surface area contributed by atoms with E-state index in [9.17, 15) is 4.21 Å². The Bertz CT molecular complexity index is 331. The van der Waals surface area contributed by atoms with Crippen LogP contribution in [0.2, 0.25) is 0 Å². The Morgan fingerprint density at radius 2 is 1.67 bits per heavy atom. The Morgan fingerprint density at radius 3 is 2.13 bits per heavy atom. The maximum absolute atomic E-state index is 10.7. The Labute approximate surface area is 115 Å². The number of rotatable bonds is 2. The van der Waals surface area contributed by atoms with Crippen molar-refractivity contribution in [2.45, 2.75) is 36.5 Å². The molecule has 1 fully saturated rings. The van der Waals surface area contributed by atoms with Gasteiger partial charge in [0.1, 0.15) is 0 Å². The molecular weight excluding hydrogens is 219 g/mol. The van der Waals surface area contributed by atoms with E-state index in [-0.39, 0.29) is 29.6 Å². The zero-order chi connectivity index (χ0) is 9.97. The normalized spacial score (nSPS) is 18.5. The fourth-order valence-electron chi connectivity index (χ4n) is 2.12. The first-order valence-electron chi connectivity index (χ1n) is 4.98. The molecule has 0 aliphatic heterocycles. The van der Waals surface area contributed by atoms with Gasteiger partial charge >= 0.3 is 29.6 Å². The van der Waals surface area contributed by atoms with Crippen molar-refractivity contribution in [3.05, 3.63) is 29.8 Å². The molecule has 1 aliphatic carbocycles. The van der Waals surface area contributed by atoms with Gasteiger partial charge in [-0.15, -0.1) is 0 Å². The summed E-state index contributed by atoms with van der Waals surface area (Å²) in [5.41, 5.74) is 1.32. The van der Waals surface area contributed by atoms with Crippen molar-refractivity contribution < 1.29 is 8.76 Å². The van der Waals surface area contributed by atoms with E-state index in [1.807, 2.05) is 12.1 Å². The molecular formula is C11H15NaO2S. The van der Waals surface area contributed by atoms with Gasteiger partial charge in [-0.1, -0.05) is 25.0 Å². The molecule has 78 valence electrons. The topological polar surface area (TPSA) is 37.3 Å². The summed E-state index contributed by atoms with van der Waals surface area (Å²) in [5.74, 6) is 0.677. The molecule has 1 unspecified atom stereocenters. The van der Waals surface area contributed by atoms with Gasteiger partial charge in [0.05, 0.1) is 4.90 Å². The van der Waals surface area contributed by atoms with Crippen LogP contribution < -0.4 is 0 Å². The number of benzene rings is 1. The van der Waals surface area contributed by atoms with E-state index < -0.39 is 11.1 Å². The summed E-state index contributed by atoms with van der Waals surface area (Å²) in [6.07, 6.45) is 5.17. The Balaban J connectivity index is 0.00000112. The van der Waals surface area contributed by atoms with Gasteiger partial charge in [0.25, 0.3) is 0 Å². The summed E-state index contributed by atoms with van der Waals surface area (Å²) in [7, 11) is 0. The fraction of sp³-hybridized carbons (Fsp3) is 0.455. The van der Waals surface area contributed by atoms with E-state index >= 15 is 0 Å². The zero-order valence-corrected chi connectivity index (χ0v) is 8.80. The van der Waals surface area contributed by atoms with Gasteiger partial charge in [0, 0.05) is 0 Å². The predicted octanol–water partition coefficient (Wildman–Crippen LogP) is 2.28. The van der Waals surface area contributed by atoms with Gasteiger partial charge in [-0.2, -0.15) is 0 Å². The average Bonchev–Trinajstić information content (AvgIpc) is 2.71. The molecule has 4 heteroatoms. The van der Waals surface area contributed by atoms with Crippen LogP contribution in [0.5, 0.6) is 0 Å². The molecule has 2 rings (SSSR count). The molecule has 0 spiro atoms. The molecule has 0 saturated heterocycles. The van der Waals surface area contributed by atoms with Crippen molar-refractivity contribution in [2.75, 3.05) is 0 Å². The molecule has 1 N–H and O–H groups in total. The molecule has 15 heavy (non-hydrogen) atoms. The van der Waals surface area contributed by atoms with Crippen LogP contribution in [0.15, 0.2) is 29.2 Å². The van der Waals surface area contributed by atoms with Crippen molar-refractivity contribution in [1.29, 1.82) is 0 Å². The van der Waals surface area contributed by atoms with Gasteiger partial charge in [-0.3, -0.25) is 0 Å². The summed E-state index contributed by atoms with van der Waals surface area (Å²) in [4.78, 5) is 0.492. The third-order valence-corrected chi connectivity index (χ3v) is 3.58. The number of hydrogen-bond acceptors (Lipinski definition) is 1. The molecule has 0 amide bonds. The number of hydrogen-bond donors (Lipinski definition) is 1. The minimum atomic E-state index is -1.84. The Morgan fingerprint density at radius 1 is 1.13 bits per heavy atom. The first kappa shape index (κ1) is 13.4. The van der Waals surface area contributed by atoms with E-state index in [1.165, 1.54) is 31.2 Å². The second-order valence-corrected chi connectivity index (χ2v) is 4.77. The monoisotopic (exact) mass is 234 g/mol. The summed E-state index contributed by atoms with van der Waals surface area (Å²) >= 11 is -1.84. The molecule has 1 aromatic carbocycles. The minimum absolute atomic E-state index is 0. The Hall–Kier alpha value is 0.330. The van der Waals surface area contributed by atoms with E-state index in [2.05, 4.69) is 0 Å². The van der Waals surface area contributed by atoms with Crippen molar-refractivity contribution in [1.82, 2.24) is 0 Å².